The van der Waals surface area contributed by atoms with Gasteiger partial charge in [-0.25, -0.2) is 22.0 Å². The van der Waals surface area contributed by atoms with E-state index in [1.807, 2.05) is 0 Å². The number of carbonyl (C=O) groups is 2. The van der Waals surface area contributed by atoms with E-state index in [4.69, 9.17) is 4.74 Å². The molecule has 2 aromatic rings. The Morgan fingerprint density at radius 3 is 2.41 bits per heavy atom. The van der Waals surface area contributed by atoms with Gasteiger partial charge >= 0.3 is 5.97 Å². The van der Waals surface area contributed by atoms with Crippen LogP contribution in [0.25, 0.3) is 0 Å². The Labute approximate surface area is 154 Å². The van der Waals surface area contributed by atoms with Crippen molar-refractivity contribution in [1.29, 1.82) is 0 Å². The highest BCUT2D eigenvalue weighted by Gasteiger charge is 2.22. The Morgan fingerprint density at radius 1 is 1.07 bits per heavy atom. The van der Waals surface area contributed by atoms with E-state index >= 15 is 0 Å². The van der Waals surface area contributed by atoms with Crippen molar-refractivity contribution in [3.8, 4) is 0 Å². The topological polar surface area (TPSA) is 102 Å². The SMILES string of the molecule is C[C@H](OC(=O)c1ccccc1NS(C)(=O)=O)C(=O)Nc1cc(F)ccc1F. The van der Waals surface area contributed by atoms with Crippen LogP contribution in [0.15, 0.2) is 42.5 Å². The quantitative estimate of drug-likeness (QED) is 0.728. The number of halogens is 2. The first-order valence-corrected chi connectivity index (χ1v) is 9.49. The number of nitrogens with one attached hydrogen (secondary N) is 2. The van der Waals surface area contributed by atoms with E-state index in [9.17, 15) is 26.8 Å². The molecule has 27 heavy (non-hydrogen) atoms. The van der Waals surface area contributed by atoms with Gasteiger partial charge in [-0.05, 0) is 31.2 Å². The van der Waals surface area contributed by atoms with E-state index in [0.29, 0.717) is 0 Å². The molecule has 144 valence electrons. The number of amides is 1. The third-order valence-corrected chi connectivity index (χ3v) is 3.87. The van der Waals surface area contributed by atoms with Gasteiger partial charge in [0.25, 0.3) is 5.91 Å². The van der Waals surface area contributed by atoms with E-state index in [-0.39, 0.29) is 11.3 Å². The van der Waals surface area contributed by atoms with Gasteiger partial charge in [0.1, 0.15) is 11.6 Å². The minimum Gasteiger partial charge on any atom is -0.449 e. The Kier molecular flexibility index (Phi) is 6.11. The molecule has 0 saturated carbocycles. The van der Waals surface area contributed by atoms with Crippen molar-refractivity contribution in [3.63, 3.8) is 0 Å². The lowest BCUT2D eigenvalue weighted by Crippen LogP contribution is -2.30. The summed E-state index contributed by atoms with van der Waals surface area (Å²) in [5.41, 5.74) is -0.532. The molecule has 1 amide bonds. The fourth-order valence-electron chi connectivity index (χ4n) is 2.06. The Hall–Kier alpha value is -3.01. The number of carbonyl (C=O) groups excluding carboxylic acids is 2. The Bertz CT molecular complexity index is 979. The van der Waals surface area contributed by atoms with Gasteiger partial charge < -0.3 is 10.1 Å². The van der Waals surface area contributed by atoms with Crippen LogP contribution >= 0.6 is 0 Å². The number of benzene rings is 2. The molecule has 0 heterocycles. The number of hydrogen-bond acceptors (Lipinski definition) is 5. The molecule has 0 aliphatic carbocycles. The van der Waals surface area contributed by atoms with Crippen molar-refractivity contribution in [1.82, 2.24) is 0 Å². The monoisotopic (exact) mass is 398 g/mol. The molecule has 0 aromatic heterocycles. The second-order valence-corrected chi connectivity index (χ2v) is 7.33. The molecule has 0 bridgehead atoms. The molecule has 10 heteroatoms. The van der Waals surface area contributed by atoms with Gasteiger partial charge in [-0.1, -0.05) is 12.1 Å². The summed E-state index contributed by atoms with van der Waals surface area (Å²) < 4.78 is 56.6. The van der Waals surface area contributed by atoms with Gasteiger partial charge in [-0.3, -0.25) is 9.52 Å². The fraction of sp³-hybridized carbons (Fsp3) is 0.176. The van der Waals surface area contributed by atoms with Crippen molar-refractivity contribution in [2.24, 2.45) is 0 Å². The van der Waals surface area contributed by atoms with Gasteiger partial charge in [-0.15, -0.1) is 0 Å². The zero-order valence-corrected chi connectivity index (χ0v) is 15.1. The predicted molar refractivity (Wildman–Crippen MR) is 94.8 cm³/mol. The maximum absolute atomic E-state index is 13.6. The average molecular weight is 398 g/mol. The van der Waals surface area contributed by atoms with Gasteiger partial charge in [-0.2, -0.15) is 0 Å². The number of para-hydroxylation sites is 1. The summed E-state index contributed by atoms with van der Waals surface area (Å²) >= 11 is 0. The maximum atomic E-state index is 13.6. The minimum atomic E-state index is -3.64. The lowest BCUT2D eigenvalue weighted by molar-refractivity contribution is -0.123. The molecule has 2 aromatic carbocycles. The van der Waals surface area contributed by atoms with Crippen molar-refractivity contribution in [3.05, 3.63) is 59.7 Å². The second kappa shape index (κ2) is 8.12. The number of ether oxygens (including phenoxy) is 1. The van der Waals surface area contributed by atoms with Crippen LogP contribution < -0.4 is 10.0 Å². The molecule has 0 saturated heterocycles. The van der Waals surface area contributed by atoms with Crippen LogP contribution in [0.3, 0.4) is 0 Å². The smallest absolute Gasteiger partial charge is 0.341 e. The van der Waals surface area contributed by atoms with Crippen LogP contribution in [0, 0.1) is 11.6 Å². The summed E-state index contributed by atoms with van der Waals surface area (Å²) in [5.74, 6) is -3.46. The molecule has 0 radical (unpaired) electrons. The number of rotatable bonds is 6. The number of hydrogen-bond donors (Lipinski definition) is 2. The van der Waals surface area contributed by atoms with Crippen LogP contribution in [-0.4, -0.2) is 32.7 Å². The lowest BCUT2D eigenvalue weighted by atomic mass is 10.2. The summed E-state index contributed by atoms with van der Waals surface area (Å²) in [4.78, 5) is 24.3. The van der Waals surface area contributed by atoms with Gasteiger partial charge in [0, 0.05) is 6.07 Å². The van der Waals surface area contributed by atoms with E-state index in [2.05, 4.69) is 10.0 Å². The second-order valence-electron chi connectivity index (χ2n) is 5.58. The highest BCUT2D eigenvalue weighted by Crippen LogP contribution is 2.19. The lowest BCUT2D eigenvalue weighted by Gasteiger charge is -2.15. The van der Waals surface area contributed by atoms with Crippen LogP contribution in [0.1, 0.15) is 17.3 Å². The summed E-state index contributed by atoms with van der Waals surface area (Å²) in [5, 5.41) is 2.12. The first-order chi connectivity index (χ1) is 12.6. The Balaban J connectivity index is 2.11. The van der Waals surface area contributed by atoms with Crippen LogP contribution in [0.4, 0.5) is 20.2 Å². The first-order valence-electron chi connectivity index (χ1n) is 7.60. The molecular weight excluding hydrogens is 382 g/mol. The zero-order valence-electron chi connectivity index (χ0n) is 14.3. The highest BCUT2D eigenvalue weighted by atomic mass is 32.2. The molecule has 0 unspecified atom stereocenters. The summed E-state index contributed by atoms with van der Waals surface area (Å²) in [6, 6.07) is 8.17. The predicted octanol–water partition coefficient (Wildman–Crippen LogP) is 2.52. The maximum Gasteiger partial charge on any atom is 0.341 e. The zero-order chi connectivity index (χ0) is 20.2. The van der Waals surface area contributed by atoms with Gasteiger partial charge in [0.15, 0.2) is 6.10 Å². The molecule has 0 aliphatic rings. The van der Waals surface area contributed by atoms with Crippen LogP contribution in [0.5, 0.6) is 0 Å². The van der Waals surface area contributed by atoms with Crippen LogP contribution in [0.2, 0.25) is 0 Å². The largest absolute Gasteiger partial charge is 0.449 e. The summed E-state index contributed by atoms with van der Waals surface area (Å²) in [6.45, 7) is 1.23. The molecule has 2 rings (SSSR count). The van der Waals surface area contributed by atoms with E-state index in [1.54, 1.807) is 0 Å². The molecular formula is C17H16F2N2O5S. The molecule has 1 atom stereocenters. The van der Waals surface area contributed by atoms with E-state index in [0.717, 1.165) is 24.5 Å². The van der Waals surface area contributed by atoms with Crippen molar-refractivity contribution in [2.45, 2.75) is 13.0 Å². The minimum absolute atomic E-state index is 0.0196. The molecule has 0 fully saturated rings. The summed E-state index contributed by atoms with van der Waals surface area (Å²) in [6.07, 6.45) is -0.440. The molecule has 0 spiro atoms. The number of sulfonamides is 1. The molecule has 2 N–H and O–H groups in total. The van der Waals surface area contributed by atoms with Crippen molar-refractivity contribution in [2.75, 3.05) is 16.3 Å². The fourth-order valence-corrected chi connectivity index (χ4v) is 2.63. The Morgan fingerprint density at radius 2 is 1.74 bits per heavy atom. The summed E-state index contributed by atoms with van der Waals surface area (Å²) in [7, 11) is -3.64. The van der Waals surface area contributed by atoms with Crippen LogP contribution in [-0.2, 0) is 19.6 Å². The number of anilines is 2. The standard InChI is InChI=1S/C17H16F2N2O5S/c1-10(16(22)20-15-9-11(18)7-8-13(15)19)26-17(23)12-5-3-4-6-14(12)21-27(2,24)25/h3-10,21H,1-2H3,(H,20,22)/t10-/m0/s1. The van der Waals surface area contributed by atoms with Gasteiger partial charge in [0.05, 0.1) is 23.2 Å². The van der Waals surface area contributed by atoms with E-state index < -0.39 is 45.3 Å². The van der Waals surface area contributed by atoms with Crippen molar-refractivity contribution >= 4 is 33.3 Å². The first kappa shape index (κ1) is 20.3. The molecule has 7 nitrogen and oxygen atoms in total. The van der Waals surface area contributed by atoms with Gasteiger partial charge in [0.2, 0.25) is 10.0 Å². The number of esters is 1. The van der Waals surface area contributed by atoms with Crippen molar-refractivity contribution < 1.29 is 31.5 Å². The molecule has 0 aliphatic heterocycles. The highest BCUT2D eigenvalue weighted by molar-refractivity contribution is 7.92. The average Bonchev–Trinajstić information content (AvgIpc) is 2.57. The normalized spacial score (nSPS) is 12.1. The third kappa shape index (κ3) is 5.74. The van der Waals surface area contributed by atoms with E-state index in [1.165, 1.54) is 31.2 Å². The third-order valence-electron chi connectivity index (χ3n) is 3.28.